The van der Waals surface area contributed by atoms with Crippen molar-refractivity contribution in [2.75, 3.05) is 5.32 Å². The maximum absolute atomic E-state index is 12.1. The molecule has 2 rings (SSSR count). The number of hydrogen-bond acceptors (Lipinski definition) is 4. The molecular formula is C17H12Cl2N2O3. The number of amides is 1. The summed E-state index contributed by atoms with van der Waals surface area (Å²) < 4.78 is 5.10. The Balaban J connectivity index is 2.03. The lowest BCUT2D eigenvalue weighted by molar-refractivity contribution is -0.123. The molecule has 0 spiro atoms. The van der Waals surface area contributed by atoms with Crippen molar-refractivity contribution in [1.29, 1.82) is 5.26 Å². The number of carbonyl (C=O) groups excluding carboxylic acids is 2. The van der Waals surface area contributed by atoms with Crippen LogP contribution in [0.15, 0.2) is 42.5 Å². The fourth-order valence-corrected chi connectivity index (χ4v) is 2.39. The maximum Gasteiger partial charge on any atom is 0.341 e. The minimum Gasteiger partial charge on any atom is -0.449 e. The summed E-state index contributed by atoms with van der Waals surface area (Å²) in [5, 5.41) is 11.6. The zero-order valence-corrected chi connectivity index (χ0v) is 14.1. The van der Waals surface area contributed by atoms with E-state index >= 15 is 0 Å². The molecule has 0 aliphatic heterocycles. The van der Waals surface area contributed by atoms with Gasteiger partial charge in [0.1, 0.15) is 0 Å². The summed E-state index contributed by atoms with van der Waals surface area (Å²) in [4.78, 5) is 24.2. The number of ether oxygens (including phenoxy) is 1. The van der Waals surface area contributed by atoms with Crippen LogP contribution in [0.3, 0.4) is 0 Å². The van der Waals surface area contributed by atoms with Crippen LogP contribution in [-0.2, 0) is 9.53 Å². The molecule has 7 heteroatoms. The highest BCUT2D eigenvalue weighted by molar-refractivity contribution is 6.39. The molecule has 0 aromatic heterocycles. The Morgan fingerprint density at radius 3 is 2.25 bits per heavy atom. The zero-order valence-electron chi connectivity index (χ0n) is 12.5. The summed E-state index contributed by atoms with van der Waals surface area (Å²) in [5.41, 5.74) is 0.970. The first kappa shape index (κ1) is 17.8. The molecule has 0 fully saturated rings. The van der Waals surface area contributed by atoms with Gasteiger partial charge in [-0.15, -0.1) is 0 Å². The summed E-state index contributed by atoms with van der Waals surface area (Å²) in [6, 6.07) is 12.9. The number of anilines is 1. The van der Waals surface area contributed by atoms with E-state index in [1.54, 1.807) is 30.3 Å². The average molecular weight is 363 g/mol. The first-order valence-corrected chi connectivity index (χ1v) is 7.64. The van der Waals surface area contributed by atoms with Crippen LogP contribution in [0.25, 0.3) is 0 Å². The Kier molecular flexibility index (Phi) is 5.80. The number of benzene rings is 2. The van der Waals surface area contributed by atoms with E-state index < -0.39 is 18.0 Å². The summed E-state index contributed by atoms with van der Waals surface area (Å²) in [7, 11) is 0. The summed E-state index contributed by atoms with van der Waals surface area (Å²) in [6.07, 6.45) is -1.06. The van der Waals surface area contributed by atoms with Crippen molar-refractivity contribution in [2.45, 2.75) is 13.0 Å². The van der Waals surface area contributed by atoms with E-state index in [1.165, 1.54) is 19.1 Å². The number of esters is 1. The standard InChI is InChI=1S/C17H12Cl2N2O3/c1-10(16(22)21-12-7-5-11(9-20)6-8-12)24-17(23)15-13(18)3-2-4-14(15)19/h2-8,10H,1H3,(H,21,22). The number of nitrogens with one attached hydrogen (secondary N) is 1. The smallest absolute Gasteiger partial charge is 0.341 e. The van der Waals surface area contributed by atoms with E-state index in [-0.39, 0.29) is 15.6 Å². The third kappa shape index (κ3) is 4.25. The number of nitriles is 1. The predicted octanol–water partition coefficient (Wildman–Crippen LogP) is 4.05. The van der Waals surface area contributed by atoms with Crippen molar-refractivity contribution >= 4 is 40.8 Å². The molecule has 0 aliphatic rings. The highest BCUT2D eigenvalue weighted by Crippen LogP contribution is 2.25. The maximum atomic E-state index is 12.1. The minimum atomic E-state index is -1.06. The van der Waals surface area contributed by atoms with E-state index in [2.05, 4.69) is 5.32 Å². The van der Waals surface area contributed by atoms with Crippen LogP contribution in [0.2, 0.25) is 10.0 Å². The van der Waals surface area contributed by atoms with Crippen molar-refractivity contribution in [1.82, 2.24) is 0 Å². The third-order valence-corrected chi connectivity index (χ3v) is 3.73. The molecule has 0 bridgehead atoms. The molecule has 122 valence electrons. The quantitative estimate of drug-likeness (QED) is 0.832. The fraction of sp³-hybridized carbons (Fsp3) is 0.118. The van der Waals surface area contributed by atoms with Crippen LogP contribution in [0.1, 0.15) is 22.8 Å². The SMILES string of the molecule is CC(OC(=O)c1c(Cl)cccc1Cl)C(=O)Nc1ccc(C#N)cc1. The van der Waals surface area contributed by atoms with Crippen molar-refractivity contribution in [3.63, 3.8) is 0 Å². The normalized spacial score (nSPS) is 11.2. The molecule has 2 aromatic rings. The molecule has 5 nitrogen and oxygen atoms in total. The van der Waals surface area contributed by atoms with Crippen LogP contribution in [0, 0.1) is 11.3 Å². The van der Waals surface area contributed by atoms with Gasteiger partial charge in [-0.2, -0.15) is 5.26 Å². The second kappa shape index (κ2) is 7.82. The van der Waals surface area contributed by atoms with Gasteiger partial charge in [0, 0.05) is 5.69 Å². The topological polar surface area (TPSA) is 79.2 Å². The van der Waals surface area contributed by atoms with Gasteiger partial charge in [-0.3, -0.25) is 4.79 Å². The molecule has 1 unspecified atom stereocenters. The van der Waals surface area contributed by atoms with E-state index in [9.17, 15) is 9.59 Å². The molecule has 1 N–H and O–H groups in total. The summed E-state index contributed by atoms with van der Waals surface area (Å²) in [6.45, 7) is 1.43. The van der Waals surface area contributed by atoms with Crippen molar-refractivity contribution in [2.24, 2.45) is 0 Å². The van der Waals surface area contributed by atoms with Crippen molar-refractivity contribution < 1.29 is 14.3 Å². The zero-order chi connectivity index (χ0) is 17.7. The number of hydrogen-bond donors (Lipinski definition) is 1. The monoisotopic (exact) mass is 362 g/mol. The van der Waals surface area contributed by atoms with Gasteiger partial charge in [-0.05, 0) is 43.3 Å². The summed E-state index contributed by atoms with van der Waals surface area (Å²) >= 11 is 11.9. The van der Waals surface area contributed by atoms with Gasteiger partial charge in [0.2, 0.25) is 0 Å². The molecule has 0 radical (unpaired) electrons. The van der Waals surface area contributed by atoms with Gasteiger partial charge >= 0.3 is 5.97 Å². The van der Waals surface area contributed by atoms with Crippen molar-refractivity contribution in [3.05, 3.63) is 63.6 Å². The van der Waals surface area contributed by atoms with Gasteiger partial charge in [-0.1, -0.05) is 29.3 Å². The number of carbonyl (C=O) groups is 2. The first-order valence-electron chi connectivity index (χ1n) is 6.88. The first-order chi connectivity index (χ1) is 11.4. The van der Waals surface area contributed by atoms with Gasteiger partial charge < -0.3 is 10.1 Å². The lowest BCUT2D eigenvalue weighted by atomic mass is 10.2. The highest BCUT2D eigenvalue weighted by Gasteiger charge is 2.22. The Bertz CT molecular complexity index is 793. The molecule has 24 heavy (non-hydrogen) atoms. The third-order valence-electron chi connectivity index (χ3n) is 3.10. The largest absolute Gasteiger partial charge is 0.449 e. The Labute approximate surface area is 148 Å². The average Bonchev–Trinajstić information content (AvgIpc) is 2.55. The van der Waals surface area contributed by atoms with E-state index in [0.29, 0.717) is 11.3 Å². The lowest BCUT2D eigenvalue weighted by Crippen LogP contribution is -2.30. The predicted molar refractivity (Wildman–Crippen MR) is 91.1 cm³/mol. The Morgan fingerprint density at radius 2 is 1.71 bits per heavy atom. The minimum absolute atomic E-state index is 0.0128. The van der Waals surface area contributed by atoms with Crippen LogP contribution in [-0.4, -0.2) is 18.0 Å². The van der Waals surface area contributed by atoms with Crippen LogP contribution >= 0.6 is 23.2 Å². The second-order valence-corrected chi connectivity index (χ2v) is 5.64. The van der Waals surface area contributed by atoms with E-state index in [0.717, 1.165) is 0 Å². The number of nitrogens with zero attached hydrogens (tertiary/aromatic N) is 1. The van der Waals surface area contributed by atoms with Gasteiger partial charge in [0.05, 0.1) is 27.2 Å². The van der Waals surface area contributed by atoms with Crippen LogP contribution in [0.5, 0.6) is 0 Å². The molecule has 0 saturated heterocycles. The van der Waals surface area contributed by atoms with Gasteiger partial charge in [0.15, 0.2) is 6.10 Å². The summed E-state index contributed by atoms with van der Waals surface area (Å²) in [5.74, 6) is -1.30. The fourth-order valence-electron chi connectivity index (χ4n) is 1.84. The molecule has 1 amide bonds. The highest BCUT2D eigenvalue weighted by atomic mass is 35.5. The number of halogens is 2. The van der Waals surface area contributed by atoms with Gasteiger partial charge in [0.25, 0.3) is 5.91 Å². The molecule has 0 saturated carbocycles. The molecule has 1 atom stereocenters. The molecule has 0 heterocycles. The number of rotatable bonds is 4. The second-order valence-electron chi connectivity index (χ2n) is 4.82. The van der Waals surface area contributed by atoms with Crippen LogP contribution in [0.4, 0.5) is 5.69 Å². The van der Waals surface area contributed by atoms with E-state index in [4.69, 9.17) is 33.2 Å². The Hall–Kier alpha value is -2.55. The van der Waals surface area contributed by atoms with E-state index in [1.807, 2.05) is 6.07 Å². The van der Waals surface area contributed by atoms with Gasteiger partial charge in [-0.25, -0.2) is 4.79 Å². The molecule has 0 aliphatic carbocycles. The van der Waals surface area contributed by atoms with Crippen molar-refractivity contribution in [3.8, 4) is 6.07 Å². The Morgan fingerprint density at radius 1 is 1.12 bits per heavy atom. The molecule has 2 aromatic carbocycles. The molecular weight excluding hydrogens is 351 g/mol. The van der Waals surface area contributed by atoms with Crippen LogP contribution < -0.4 is 5.32 Å². The lowest BCUT2D eigenvalue weighted by Gasteiger charge is -2.14.